The van der Waals surface area contributed by atoms with Crippen LogP contribution in [0.1, 0.15) is 45.4 Å². The van der Waals surface area contributed by atoms with E-state index in [0.29, 0.717) is 11.4 Å². The van der Waals surface area contributed by atoms with Crippen LogP contribution in [0.2, 0.25) is 0 Å². The van der Waals surface area contributed by atoms with Crippen molar-refractivity contribution in [1.29, 1.82) is 0 Å². The standard InChI is InChI=1S/C26H30N2O3/c1-15(28-26-12-16-7-17(13-26)9-18(8-16)14-26)25(29)27-21-11-23-20(10-24(21)30-2)19-5-3-4-6-22(19)31-23/h3-6,10-11,15-18,28H,7-9,12-14H2,1-2H3,(H,27,29)/t15-,16?,17?,18?,26?/m0/s1. The molecular weight excluding hydrogens is 388 g/mol. The predicted molar refractivity (Wildman–Crippen MR) is 122 cm³/mol. The molecule has 0 aliphatic heterocycles. The van der Waals surface area contributed by atoms with Gasteiger partial charge in [0, 0.05) is 22.4 Å². The number of benzene rings is 2. The van der Waals surface area contributed by atoms with Gasteiger partial charge in [-0.3, -0.25) is 4.79 Å². The molecule has 4 aliphatic rings. The van der Waals surface area contributed by atoms with E-state index in [1.807, 2.05) is 43.3 Å². The summed E-state index contributed by atoms with van der Waals surface area (Å²) in [4.78, 5) is 13.2. The fourth-order valence-electron chi connectivity index (χ4n) is 7.07. The first-order valence-electron chi connectivity index (χ1n) is 11.6. The topological polar surface area (TPSA) is 63.5 Å². The van der Waals surface area contributed by atoms with Gasteiger partial charge in [-0.15, -0.1) is 0 Å². The highest BCUT2D eigenvalue weighted by Gasteiger charge is 2.51. The van der Waals surface area contributed by atoms with Crippen LogP contribution in [0.5, 0.6) is 5.75 Å². The summed E-state index contributed by atoms with van der Waals surface area (Å²) in [5, 5.41) is 8.90. The highest BCUT2D eigenvalue weighted by molar-refractivity contribution is 6.08. The Bertz CT molecular complexity index is 1130. The fourth-order valence-corrected chi connectivity index (χ4v) is 7.07. The summed E-state index contributed by atoms with van der Waals surface area (Å²) in [5.41, 5.74) is 2.38. The number of hydrogen-bond donors (Lipinski definition) is 2. The van der Waals surface area contributed by atoms with Crippen molar-refractivity contribution >= 4 is 33.5 Å². The maximum absolute atomic E-state index is 13.2. The van der Waals surface area contributed by atoms with E-state index < -0.39 is 0 Å². The van der Waals surface area contributed by atoms with Crippen LogP contribution in [-0.2, 0) is 4.79 Å². The molecule has 4 bridgehead atoms. The van der Waals surface area contributed by atoms with Crippen molar-refractivity contribution < 1.29 is 13.9 Å². The second-order valence-corrected chi connectivity index (χ2v) is 10.2. The van der Waals surface area contributed by atoms with Crippen LogP contribution in [0.4, 0.5) is 5.69 Å². The van der Waals surface area contributed by atoms with Crippen LogP contribution in [0.25, 0.3) is 21.9 Å². The van der Waals surface area contributed by atoms with Gasteiger partial charge in [0.05, 0.1) is 18.8 Å². The smallest absolute Gasteiger partial charge is 0.241 e. The van der Waals surface area contributed by atoms with Crippen molar-refractivity contribution in [2.24, 2.45) is 17.8 Å². The van der Waals surface area contributed by atoms with Crippen molar-refractivity contribution in [3.05, 3.63) is 36.4 Å². The number of nitrogens with one attached hydrogen (secondary N) is 2. The van der Waals surface area contributed by atoms with Crippen molar-refractivity contribution in [2.45, 2.75) is 57.0 Å². The van der Waals surface area contributed by atoms with Gasteiger partial charge >= 0.3 is 0 Å². The molecule has 4 aliphatic carbocycles. The maximum atomic E-state index is 13.2. The van der Waals surface area contributed by atoms with E-state index in [0.717, 1.165) is 39.7 Å². The minimum absolute atomic E-state index is 0.0236. The average molecular weight is 419 g/mol. The highest BCUT2D eigenvalue weighted by Crippen LogP contribution is 2.55. The summed E-state index contributed by atoms with van der Waals surface area (Å²) >= 11 is 0. The Balaban J connectivity index is 1.24. The summed E-state index contributed by atoms with van der Waals surface area (Å²) in [6.07, 6.45) is 7.88. The molecule has 1 heterocycles. The lowest BCUT2D eigenvalue weighted by atomic mass is 9.53. The summed E-state index contributed by atoms with van der Waals surface area (Å²) in [7, 11) is 1.64. The molecule has 4 fully saturated rings. The lowest BCUT2D eigenvalue weighted by molar-refractivity contribution is -0.119. The first-order valence-corrected chi connectivity index (χ1v) is 11.6. The monoisotopic (exact) mass is 418 g/mol. The van der Waals surface area contributed by atoms with Crippen molar-refractivity contribution in [2.75, 3.05) is 12.4 Å². The molecule has 1 atom stereocenters. The lowest BCUT2D eigenvalue weighted by Gasteiger charge is -2.57. The number of ether oxygens (including phenoxy) is 1. The molecule has 1 aromatic heterocycles. The van der Waals surface area contributed by atoms with Gasteiger partial charge in [-0.1, -0.05) is 18.2 Å². The zero-order valence-corrected chi connectivity index (χ0v) is 18.2. The summed E-state index contributed by atoms with van der Waals surface area (Å²) in [6.45, 7) is 1.99. The average Bonchev–Trinajstić information content (AvgIpc) is 3.09. The quantitative estimate of drug-likeness (QED) is 0.576. The van der Waals surface area contributed by atoms with Gasteiger partial charge in [-0.05, 0) is 75.3 Å². The molecule has 4 saturated carbocycles. The molecule has 162 valence electrons. The number of para-hydroxylation sites is 1. The number of methoxy groups -OCH3 is 1. The van der Waals surface area contributed by atoms with Crippen molar-refractivity contribution in [3.63, 3.8) is 0 Å². The second kappa shape index (κ2) is 6.99. The number of hydrogen-bond acceptors (Lipinski definition) is 4. The highest BCUT2D eigenvalue weighted by atomic mass is 16.5. The molecule has 0 radical (unpaired) electrons. The number of carbonyl (C=O) groups is 1. The molecule has 7 rings (SSSR count). The number of fused-ring (bicyclic) bond motifs is 3. The van der Waals surface area contributed by atoms with E-state index in [1.54, 1.807) is 7.11 Å². The molecule has 2 N–H and O–H groups in total. The van der Waals surface area contributed by atoms with Gasteiger partial charge in [0.15, 0.2) is 0 Å². The van der Waals surface area contributed by atoms with E-state index >= 15 is 0 Å². The summed E-state index contributed by atoms with van der Waals surface area (Å²) in [5.74, 6) is 3.18. The van der Waals surface area contributed by atoms with Crippen molar-refractivity contribution in [1.82, 2.24) is 5.32 Å². The predicted octanol–water partition coefficient (Wildman–Crippen LogP) is 5.48. The number of furan rings is 1. The van der Waals surface area contributed by atoms with Crippen LogP contribution in [0.3, 0.4) is 0 Å². The summed E-state index contributed by atoms with van der Waals surface area (Å²) in [6, 6.07) is 11.5. The third-order valence-electron chi connectivity index (χ3n) is 7.91. The minimum atomic E-state index is -0.257. The van der Waals surface area contributed by atoms with Gasteiger partial charge in [-0.2, -0.15) is 0 Å². The third kappa shape index (κ3) is 3.21. The van der Waals surface area contributed by atoms with Gasteiger partial charge < -0.3 is 19.8 Å². The Hall–Kier alpha value is -2.53. The number of carbonyl (C=O) groups excluding carboxylic acids is 1. The Morgan fingerprint density at radius 2 is 1.71 bits per heavy atom. The fraction of sp³-hybridized carbons (Fsp3) is 0.500. The van der Waals surface area contributed by atoms with E-state index in [1.165, 1.54) is 38.5 Å². The van der Waals surface area contributed by atoms with Gasteiger partial charge in [0.2, 0.25) is 5.91 Å². The van der Waals surface area contributed by atoms with E-state index in [-0.39, 0.29) is 17.5 Å². The molecule has 1 amide bonds. The normalized spacial score (nSPS) is 30.1. The molecule has 31 heavy (non-hydrogen) atoms. The zero-order valence-electron chi connectivity index (χ0n) is 18.2. The number of amides is 1. The first-order chi connectivity index (χ1) is 15.0. The molecule has 5 heteroatoms. The summed E-state index contributed by atoms with van der Waals surface area (Å²) < 4.78 is 11.6. The molecule has 2 aromatic carbocycles. The van der Waals surface area contributed by atoms with E-state index in [2.05, 4.69) is 10.6 Å². The van der Waals surface area contributed by atoms with Crippen LogP contribution >= 0.6 is 0 Å². The minimum Gasteiger partial charge on any atom is -0.495 e. The van der Waals surface area contributed by atoms with Crippen LogP contribution in [0, 0.1) is 17.8 Å². The molecule has 5 nitrogen and oxygen atoms in total. The van der Waals surface area contributed by atoms with E-state index in [9.17, 15) is 4.79 Å². The first kappa shape index (κ1) is 19.2. The largest absolute Gasteiger partial charge is 0.495 e. The Labute approximate surface area is 182 Å². The maximum Gasteiger partial charge on any atom is 0.241 e. The van der Waals surface area contributed by atoms with Gasteiger partial charge in [0.1, 0.15) is 16.9 Å². The second-order valence-electron chi connectivity index (χ2n) is 10.2. The lowest BCUT2D eigenvalue weighted by Crippen LogP contribution is -2.62. The molecule has 0 unspecified atom stereocenters. The van der Waals surface area contributed by atoms with Gasteiger partial charge in [-0.25, -0.2) is 0 Å². The third-order valence-corrected chi connectivity index (χ3v) is 7.91. The Morgan fingerprint density at radius 3 is 2.39 bits per heavy atom. The molecular formula is C26H30N2O3. The molecule has 0 spiro atoms. The SMILES string of the molecule is COc1cc2c(cc1NC(=O)[C@H](C)NC13CC4CC(CC(C4)C1)C3)oc1ccccc12. The van der Waals surface area contributed by atoms with Crippen LogP contribution in [-0.4, -0.2) is 24.6 Å². The number of anilines is 1. The Kier molecular flexibility index (Phi) is 4.32. The van der Waals surface area contributed by atoms with Gasteiger partial charge in [0.25, 0.3) is 0 Å². The Morgan fingerprint density at radius 1 is 1.03 bits per heavy atom. The van der Waals surface area contributed by atoms with E-state index in [4.69, 9.17) is 9.15 Å². The molecule has 3 aromatic rings. The molecule has 0 saturated heterocycles. The number of rotatable bonds is 5. The van der Waals surface area contributed by atoms with Crippen LogP contribution in [0.15, 0.2) is 40.8 Å². The zero-order chi connectivity index (χ0) is 21.2. The van der Waals surface area contributed by atoms with Crippen molar-refractivity contribution in [3.8, 4) is 5.75 Å². The van der Waals surface area contributed by atoms with Crippen LogP contribution < -0.4 is 15.4 Å².